The van der Waals surface area contributed by atoms with Crippen molar-refractivity contribution >= 4 is 5.57 Å². The van der Waals surface area contributed by atoms with E-state index in [2.05, 4.69) is 47.6 Å². The summed E-state index contributed by atoms with van der Waals surface area (Å²) in [6, 6.07) is 14.8. The first-order valence-corrected chi connectivity index (χ1v) is 9.12. The van der Waals surface area contributed by atoms with Crippen LogP contribution in [0.25, 0.3) is 5.57 Å². The number of hydrogen-bond acceptors (Lipinski definition) is 2. The highest BCUT2D eigenvalue weighted by Crippen LogP contribution is 2.41. The molecule has 0 aliphatic rings. The molecule has 2 N–H and O–H groups in total. The largest absolute Gasteiger partial charge is 0.508 e. The van der Waals surface area contributed by atoms with E-state index in [1.54, 1.807) is 24.3 Å². The molecule has 2 rings (SSSR count). The fourth-order valence-electron chi connectivity index (χ4n) is 3.72. The highest BCUT2D eigenvalue weighted by atomic mass is 16.3. The average Bonchev–Trinajstić information content (AvgIpc) is 2.55. The lowest BCUT2D eigenvalue weighted by atomic mass is 9.71. The van der Waals surface area contributed by atoms with Gasteiger partial charge in [0.15, 0.2) is 0 Å². The molecule has 0 aromatic heterocycles. The van der Waals surface area contributed by atoms with Gasteiger partial charge in [-0.1, -0.05) is 63.6 Å². The number of allylic oxidation sites excluding steroid dienone is 4. The quantitative estimate of drug-likeness (QED) is 0.608. The van der Waals surface area contributed by atoms with Crippen LogP contribution in [0.4, 0.5) is 0 Å². The van der Waals surface area contributed by atoms with E-state index in [0.717, 1.165) is 11.1 Å². The lowest BCUT2D eigenvalue weighted by Crippen LogP contribution is -2.22. The number of hydrogen-bond donors (Lipinski definition) is 2. The predicted octanol–water partition coefficient (Wildman–Crippen LogP) is 6.45. The molecule has 0 radical (unpaired) electrons. The van der Waals surface area contributed by atoms with Crippen LogP contribution in [0.2, 0.25) is 0 Å². The SMILES string of the molecule is CC(=C\C(C)C)/C(=C(/C)c1ccc(O)cc1)C(C)(C)c1ccc(O)cc1. The molecule has 0 atom stereocenters. The molecule has 0 fully saturated rings. The van der Waals surface area contributed by atoms with Gasteiger partial charge in [0.25, 0.3) is 0 Å². The van der Waals surface area contributed by atoms with Crippen LogP contribution in [-0.2, 0) is 5.41 Å². The van der Waals surface area contributed by atoms with E-state index in [0.29, 0.717) is 5.92 Å². The van der Waals surface area contributed by atoms with Gasteiger partial charge in [-0.15, -0.1) is 0 Å². The molecule has 26 heavy (non-hydrogen) atoms. The fraction of sp³-hybridized carbons (Fsp3) is 0.333. The van der Waals surface area contributed by atoms with Gasteiger partial charge in [-0.25, -0.2) is 0 Å². The molecule has 138 valence electrons. The molecule has 0 saturated carbocycles. The monoisotopic (exact) mass is 350 g/mol. The van der Waals surface area contributed by atoms with Crippen molar-refractivity contribution in [3.8, 4) is 11.5 Å². The molecule has 0 bridgehead atoms. The van der Waals surface area contributed by atoms with Crippen LogP contribution in [0, 0.1) is 5.92 Å². The Kier molecular flexibility index (Phi) is 5.97. The van der Waals surface area contributed by atoms with Gasteiger partial charge in [0, 0.05) is 5.41 Å². The predicted molar refractivity (Wildman–Crippen MR) is 110 cm³/mol. The van der Waals surface area contributed by atoms with Gasteiger partial charge < -0.3 is 10.2 Å². The van der Waals surface area contributed by atoms with Crippen LogP contribution in [0.15, 0.2) is 65.8 Å². The van der Waals surface area contributed by atoms with Gasteiger partial charge in [0.2, 0.25) is 0 Å². The third kappa shape index (κ3) is 4.37. The molecular weight excluding hydrogens is 320 g/mol. The van der Waals surface area contributed by atoms with E-state index in [1.807, 2.05) is 24.3 Å². The van der Waals surface area contributed by atoms with E-state index in [1.165, 1.54) is 16.7 Å². The molecule has 0 saturated heterocycles. The highest BCUT2D eigenvalue weighted by Gasteiger charge is 2.29. The van der Waals surface area contributed by atoms with Crippen molar-refractivity contribution in [3.63, 3.8) is 0 Å². The summed E-state index contributed by atoms with van der Waals surface area (Å²) >= 11 is 0. The van der Waals surface area contributed by atoms with Crippen LogP contribution in [0.3, 0.4) is 0 Å². The Balaban J connectivity index is 2.69. The number of phenols is 2. The molecule has 0 spiro atoms. The standard InChI is InChI=1S/C24H30O2/c1-16(2)15-17(3)23(18(4)19-7-11-21(25)12-8-19)24(5,6)20-9-13-22(26)14-10-20/h7-16,25-26H,1-6H3/b17-15+,23-18+. The smallest absolute Gasteiger partial charge is 0.115 e. The lowest BCUT2D eigenvalue weighted by molar-refractivity contribution is 0.474. The van der Waals surface area contributed by atoms with Crippen molar-refractivity contribution in [2.45, 2.75) is 47.0 Å². The zero-order valence-electron chi connectivity index (χ0n) is 16.7. The Bertz CT molecular complexity index is 804. The van der Waals surface area contributed by atoms with Crippen LogP contribution >= 0.6 is 0 Å². The van der Waals surface area contributed by atoms with Crippen LogP contribution in [-0.4, -0.2) is 10.2 Å². The first-order valence-electron chi connectivity index (χ1n) is 9.12. The van der Waals surface area contributed by atoms with E-state index in [4.69, 9.17) is 0 Å². The number of rotatable bonds is 5. The maximum absolute atomic E-state index is 9.66. The van der Waals surface area contributed by atoms with Gasteiger partial charge in [0.1, 0.15) is 11.5 Å². The summed E-state index contributed by atoms with van der Waals surface area (Å²) in [7, 11) is 0. The summed E-state index contributed by atoms with van der Waals surface area (Å²) in [5, 5.41) is 19.3. The second kappa shape index (κ2) is 7.82. The van der Waals surface area contributed by atoms with Gasteiger partial charge in [0.05, 0.1) is 0 Å². The van der Waals surface area contributed by atoms with E-state index >= 15 is 0 Å². The highest BCUT2D eigenvalue weighted by molar-refractivity contribution is 5.74. The lowest BCUT2D eigenvalue weighted by Gasteiger charge is -2.32. The second-order valence-electron chi connectivity index (χ2n) is 7.81. The maximum atomic E-state index is 9.66. The minimum absolute atomic E-state index is 0.231. The fourth-order valence-corrected chi connectivity index (χ4v) is 3.72. The van der Waals surface area contributed by atoms with Crippen molar-refractivity contribution < 1.29 is 10.2 Å². The molecule has 0 unspecified atom stereocenters. The minimum atomic E-state index is -0.231. The van der Waals surface area contributed by atoms with E-state index < -0.39 is 0 Å². The van der Waals surface area contributed by atoms with E-state index in [9.17, 15) is 10.2 Å². The normalized spacial score (nSPS) is 13.7. The maximum Gasteiger partial charge on any atom is 0.115 e. The molecule has 2 aromatic rings. The zero-order chi connectivity index (χ0) is 19.5. The minimum Gasteiger partial charge on any atom is -0.508 e. The molecule has 0 amide bonds. The molecule has 2 nitrogen and oxygen atoms in total. The summed E-state index contributed by atoms with van der Waals surface area (Å²) < 4.78 is 0. The van der Waals surface area contributed by atoms with E-state index in [-0.39, 0.29) is 16.9 Å². The zero-order valence-corrected chi connectivity index (χ0v) is 16.7. The van der Waals surface area contributed by atoms with Crippen LogP contribution in [0.1, 0.15) is 52.7 Å². The summed E-state index contributed by atoms with van der Waals surface area (Å²) in [4.78, 5) is 0. The average molecular weight is 351 g/mol. The van der Waals surface area contributed by atoms with Crippen molar-refractivity contribution in [1.29, 1.82) is 0 Å². The van der Waals surface area contributed by atoms with Crippen LogP contribution < -0.4 is 0 Å². The van der Waals surface area contributed by atoms with Gasteiger partial charge in [-0.3, -0.25) is 0 Å². The Labute approximate surface area is 157 Å². The Morgan fingerprint density at radius 2 is 1.31 bits per heavy atom. The Morgan fingerprint density at radius 1 is 0.846 bits per heavy atom. The first-order chi connectivity index (χ1) is 12.1. The Hall–Kier alpha value is -2.48. The summed E-state index contributed by atoms with van der Waals surface area (Å²) in [6.07, 6.45) is 2.29. The molecule has 0 aliphatic heterocycles. The molecule has 2 aromatic carbocycles. The molecule has 0 heterocycles. The third-order valence-corrected chi connectivity index (χ3v) is 4.87. The van der Waals surface area contributed by atoms with Crippen molar-refractivity contribution in [3.05, 3.63) is 76.9 Å². The number of aromatic hydroxyl groups is 2. The third-order valence-electron chi connectivity index (χ3n) is 4.87. The first kappa shape index (κ1) is 19.8. The molecule has 0 aliphatic carbocycles. The van der Waals surface area contributed by atoms with Crippen molar-refractivity contribution in [2.24, 2.45) is 5.92 Å². The number of phenolic OH excluding ortho intramolecular Hbond substituents is 2. The topological polar surface area (TPSA) is 40.5 Å². The summed E-state index contributed by atoms with van der Waals surface area (Å²) in [5.41, 5.74) is 5.73. The summed E-state index contributed by atoms with van der Waals surface area (Å²) in [6.45, 7) is 13.1. The van der Waals surface area contributed by atoms with Gasteiger partial charge in [-0.2, -0.15) is 0 Å². The molecule has 2 heteroatoms. The Morgan fingerprint density at radius 3 is 1.77 bits per heavy atom. The van der Waals surface area contributed by atoms with Gasteiger partial charge in [-0.05, 0) is 66.3 Å². The van der Waals surface area contributed by atoms with Crippen molar-refractivity contribution in [1.82, 2.24) is 0 Å². The van der Waals surface area contributed by atoms with Crippen molar-refractivity contribution in [2.75, 3.05) is 0 Å². The second-order valence-corrected chi connectivity index (χ2v) is 7.81. The van der Waals surface area contributed by atoms with Crippen LogP contribution in [0.5, 0.6) is 11.5 Å². The molecular formula is C24H30O2. The summed E-state index contributed by atoms with van der Waals surface area (Å²) in [5.74, 6) is 1.00. The number of benzene rings is 2. The van der Waals surface area contributed by atoms with Gasteiger partial charge >= 0.3 is 0 Å².